The van der Waals surface area contributed by atoms with Crippen LogP contribution in [0.1, 0.15) is 12.5 Å². The minimum Gasteiger partial charge on any atom is -0.494 e. The van der Waals surface area contributed by atoms with E-state index in [0.717, 1.165) is 4.90 Å². The molecule has 0 spiro atoms. The van der Waals surface area contributed by atoms with Gasteiger partial charge in [-0.1, -0.05) is 6.07 Å². The molecule has 1 fully saturated rings. The summed E-state index contributed by atoms with van der Waals surface area (Å²) in [7, 11) is 1.38. The maximum Gasteiger partial charge on any atom is 0.331 e. The van der Waals surface area contributed by atoms with Crippen molar-refractivity contribution in [3.8, 4) is 23.1 Å². The Labute approximate surface area is 226 Å². The normalized spacial score (nSPS) is 13.9. The van der Waals surface area contributed by atoms with Gasteiger partial charge in [0.25, 0.3) is 17.0 Å². The second-order valence-corrected chi connectivity index (χ2v) is 8.86. The minimum absolute atomic E-state index is 0.116. The van der Waals surface area contributed by atoms with Crippen molar-refractivity contribution >= 4 is 46.3 Å². The Bertz CT molecular complexity index is 1460. The zero-order valence-corrected chi connectivity index (χ0v) is 21.6. The number of benzene rings is 2. The number of nitrogens with one attached hydrogen (secondary N) is 1. The second kappa shape index (κ2) is 12.1. The van der Waals surface area contributed by atoms with Gasteiger partial charge in [-0.2, -0.15) is 0 Å². The topological polar surface area (TPSA) is 150 Å². The number of ether oxygens (including phenoxy) is 3. The lowest BCUT2D eigenvalue weighted by Gasteiger charge is -2.13. The number of methoxy groups -OCH3 is 1. The van der Waals surface area contributed by atoms with Crippen molar-refractivity contribution in [2.75, 3.05) is 25.6 Å². The van der Waals surface area contributed by atoms with Gasteiger partial charge in [-0.15, -0.1) is 0 Å². The van der Waals surface area contributed by atoms with Gasteiger partial charge in [0, 0.05) is 18.0 Å². The fourth-order valence-electron chi connectivity index (χ4n) is 3.50. The van der Waals surface area contributed by atoms with E-state index in [-0.39, 0.29) is 28.0 Å². The standard InChI is InChI=1S/C26H22N4O8S/c1-3-37-18-9-7-17(8-10-18)28-23(31)15-29-25(32)22(39-26(29)33)14-16-6-11-20(21(13-16)36-2)38-24-19(30(34)35)5-4-12-27-24/h4-14H,3,15H2,1-2H3,(H,28,31)/b22-14-. The van der Waals surface area contributed by atoms with E-state index in [0.29, 0.717) is 35.4 Å². The van der Waals surface area contributed by atoms with Crippen LogP contribution in [-0.2, 0) is 9.59 Å². The van der Waals surface area contributed by atoms with Crippen LogP contribution in [0.4, 0.5) is 16.2 Å². The van der Waals surface area contributed by atoms with Crippen LogP contribution < -0.4 is 19.5 Å². The summed E-state index contributed by atoms with van der Waals surface area (Å²) in [6, 6.07) is 14.0. The fraction of sp³-hybridized carbons (Fsp3) is 0.154. The number of hydrogen-bond acceptors (Lipinski definition) is 10. The molecule has 13 heteroatoms. The zero-order chi connectivity index (χ0) is 27.9. The highest BCUT2D eigenvalue weighted by atomic mass is 32.2. The van der Waals surface area contributed by atoms with E-state index >= 15 is 0 Å². The largest absolute Gasteiger partial charge is 0.494 e. The molecule has 3 aromatic rings. The summed E-state index contributed by atoms with van der Waals surface area (Å²) in [6.45, 7) is 1.92. The first-order valence-corrected chi connectivity index (χ1v) is 12.3. The Morgan fingerprint density at radius 2 is 1.92 bits per heavy atom. The molecule has 1 aliphatic rings. The number of nitrogens with zero attached hydrogens (tertiary/aromatic N) is 3. The predicted octanol–water partition coefficient (Wildman–Crippen LogP) is 4.86. The summed E-state index contributed by atoms with van der Waals surface area (Å²) in [5.74, 6) is -0.322. The molecule has 1 aromatic heterocycles. The molecule has 0 atom stereocenters. The van der Waals surface area contributed by atoms with Gasteiger partial charge in [0.2, 0.25) is 5.91 Å². The van der Waals surface area contributed by atoms with E-state index in [1.165, 1.54) is 43.6 Å². The van der Waals surface area contributed by atoms with Crippen LogP contribution in [0.15, 0.2) is 65.7 Å². The Kier molecular flexibility index (Phi) is 8.41. The van der Waals surface area contributed by atoms with Gasteiger partial charge in [0.15, 0.2) is 11.5 Å². The summed E-state index contributed by atoms with van der Waals surface area (Å²) in [6.07, 6.45) is 2.84. The molecule has 0 saturated carbocycles. The maximum absolute atomic E-state index is 12.9. The van der Waals surface area contributed by atoms with Crippen LogP contribution in [0.2, 0.25) is 0 Å². The first-order chi connectivity index (χ1) is 18.8. The summed E-state index contributed by atoms with van der Waals surface area (Å²) < 4.78 is 16.3. The monoisotopic (exact) mass is 550 g/mol. The Morgan fingerprint density at radius 1 is 1.15 bits per heavy atom. The summed E-state index contributed by atoms with van der Waals surface area (Å²) in [5.41, 5.74) is 0.680. The number of anilines is 1. The molecule has 12 nitrogen and oxygen atoms in total. The van der Waals surface area contributed by atoms with Crippen LogP contribution in [0, 0.1) is 10.1 Å². The van der Waals surface area contributed by atoms with Gasteiger partial charge in [0.05, 0.1) is 23.5 Å². The van der Waals surface area contributed by atoms with Gasteiger partial charge >= 0.3 is 5.69 Å². The molecule has 39 heavy (non-hydrogen) atoms. The van der Waals surface area contributed by atoms with Gasteiger partial charge < -0.3 is 19.5 Å². The molecule has 2 aromatic carbocycles. The van der Waals surface area contributed by atoms with Crippen molar-refractivity contribution < 1.29 is 33.5 Å². The van der Waals surface area contributed by atoms with Crippen molar-refractivity contribution in [2.24, 2.45) is 0 Å². The number of rotatable bonds is 10. The van der Waals surface area contributed by atoms with E-state index in [1.807, 2.05) is 6.92 Å². The lowest BCUT2D eigenvalue weighted by molar-refractivity contribution is -0.386. The number of nitro groups is 1. The van der Waals surface area contributed by atoms with Crippen LogP contribution in [-0.4, -0.2) is 52.1 Å². The molecule has 200 valence electrons. The molecule has 1 N–H and O–H groups in total. The van der Waals surface area contributed by atoms with Gasteiger partial charge in [-0.3, -0.25) is 29.4 Å². The SMILES string of the molecule is CCOc1ccc(NC(=O)CN2C(=O)S/C(=C\c3ccc(Oc4ncccc4[N+](=O)[O-])c(OC)c3)C2=O)cc1. The third-order valence-corrected chi connectivity index (χ3v) is 6.17. The molecular formula is C26H22N4O8S. The van der Waals surface area contributed by atoms with Crippen LogP contribution >= 0.6 is 11.8 Å². The number of hydrogen-bond donors (Lipinski definition) is 1. The molecular weight excluding hydrogens is 528 g/mol. The average molecular weight is 551 g/mol. The molecule has 0 bridgehead atoms. The third kappa shape index (κ3) is 6.51. The number of carbonyl (C=O) groups is 3. The fourth-order valence-corrected chi connectivity index (χ4v) is 4.33. The molecule has 1 saturated heterocycles. The van der Waals surface area contributed by atoms with Gasteiger partial charge in [-0.05, 0) is 72.8 Å². The van der Waals surface area contributed by atoms with Crippen molar-refractivity contribution in [1.82, 2.24) is 9.88 Å². The average Bonchev–Trinajstić information content (AvgIpc) is 3.18. The number of amides is 3. The second-order valence-electron chi connectivity index (χ2n) is 7.87. The number of aromatic nitrogens is 1. The molecule has 0 unspecified atom stereocenters. The number of thioether (sulfide) groups is 1. The number of pyridine rings is 1. The van der Waals surface area contributed by atoms with E-state index < -0.39 is 28.5 Å². The van der Waals surface area contributed by atoms with Crippen molar-refractivity contribution in [3.63, 3.8) is 0 Å². The highest BCUT2D eigenvalue weighted by Crippen LogP contribution is 2.37. The zero-order valence-electron chi connectivity index (χ0n) is 20.8. The summed E-state index contributed by atoms with van der Waals surface area (Å²) >= 11 is 0.703. The Morgan fingerprint density at radius 3 is 2.62 bits per heavy atom. The molecule has 0 aliphatic carbocycles. The van der Waals surface area contributed by atoms with Crippen LogP contribution in [0.3, 0.4) is 0 Å². The Balaban J connectivity index is 1.45. The smallest absolute Gasteiger partial charge is 0.331 e. The third-order valence-electron chi connectivity index (χ3n) is 5.26. The van der Waals surface area contributed by atoms with Gasteiger partial charge in [-0.25, -0.2) is 4.98 Å². The molecule has 3 amide bonds. The lowest BCUT2D eigenvalue weighted by Crippen LogP contribution is -2.36. The van der Waals surface area contributed by atoms with Crippen molar-refractivity contribution in [1.29, 1.82) is 0 Å². The number of carbonyl (C=O) groups excluding carboxylic acids is 3. The summed E-state index contributed by atoms with van der Waals surface area (Å²) in [5, 5.41) is 13.3. The minimum atomic E-state index is -0.616. The Hall–Kier alpha value is -4.91. The maximum atomic E-state index is 12.9. The first-order valence-electron chi connectivity index (χ1n) is 11.5. The van der Waals surface area contributed by atoms with Crippen molar-refractivity contribution in [3.05, 3.63) is 81.4 Å². The number of imide groups is 1. The molecule has 2 heterocycles. The summed E-state index contributed by atoms with van der Waals surface area (Å²) in [4.78, 5) is 53.3. The van der Waals surface area contributed by atoms with Crippen LogP contribution in [0.25, 0.3) is 6.08 Å². The van der Waals surface area contributed by atoms with E-state index in [1.54, 1.807) is 30.3 Å². The predicted molar refractivity (Wildman–Crippen MR) is 143 cm³/mol. The van der Waals surface area contributed by atoms with E-state index in [4.69, 9.17) is 14.2 Å². The molecule has 0 radical (unpaired) electrons. The quantitative estimate of drug-likeness (QED) is 0.210. The van der Waals surface area contributed by atoms with Crippen molar-refractivity contribution in [2.45, 2.75) is 6.92 Å². The molecule has 1 aliphatic heterocycles. The highest BCUT2D eigenvalue weighted by molar-refractivity contribution is 8.18. The first kappa shape index (κ1) is 27.1. The van der Waals surface area contributed by atoms with Crippen LogP contribution in [0.5, 0.6) is 23.1 Å². The van der Waals surface area contributed by atoms with E-state index in [9.17, 15) is 24.5 Å². The van der Waals surface area contributed by atoms with E-state index in [2.05, 4.69) is 10.3 Å². The lowest BCUT2D eigenvalue weighted by atomic mass is 10.2. The molecule has 4 rings (SSSR count). The highest BCUT2D eigenvalue weighted by Gasteiger charge is 2.36. The van der Waals surface area contributed by atoms with Gasteiger partial charge in [0.1, 0.15) is 12.3 Å².